The SMILES string of the molecule is CCc1c(-c2cnns2)cccc1C(F)(C(F)(F)F)C(F)(F)C(F)(F)F. The Morgan fingerprint density at radius 2 is 1.54 bits per heavy atom. The number of nitrogens with zero attached hydrogens (tertiary/aromatic N) is 2. The van der Waals surface area contributed by atoms with Crippen molar-refractivity contribution in [1.29, 1.82) is 0 Å². The minimum Gasteiger partial charge on any atom is -0.221 e. The van der Waals surface area contributed by atoms with Crippen LogP contribution in [0.15, 0.2) is 24.4 Å². The lowest BCUT2D eigenvalue weighted by Crippen LogP contribution is -2.60. The Labute approximate surface area is 144 Å². The second kappa shape index (κ2) is 6.39. The molecule has 0 aliphatic carbocycles. The maximum Gasteiger partial charge on any atom is 0.457 e. The molecule has 1 aromatic heterocycles. The summed E-state index contributed by atoms with van der Waals surface area (Å²) in [5.74, 6) is -6.70. The van der Waals surface area contributed by atoms with Crippen LogP contribution >= 0.6 is 11.5 Å². The summed E-state index contributed by atoms with van der Waals surface area (Å²) in [4.78, 5) is 0.101. The van der Waals surface area contributed by atoms with Crippen LogP contribution in [0.4, 0.5) is 39.5 Å². The van der Waals surface area contributed by atoms with Gasteiger partial charge in [0.05, 0.1) is 11.1 Å². The molecule has 0 saturated heterocycles. The zero-order chi connectivity index (χ0) is 20.0. The smallest absolute Gasteiger partial charge is 0.221 e. The predicted octanol–water partition coefficient (Wildman–Crippen LogP) is 5.69. The van der Waals surface area contributed by atoms with E-state index < -0.39 is 41.5 Å². The molecule has 0 spiro atoms. The van der Waals surface area contributed by atoms with Gasteiger partial charge in [0.25, 0.3) is 0 Å². The van der Waals surface area contributed by atoms with Gasteiger partial charge in [0.15, 0.2) is 0 Å². The Morgan fingerprint density at radius 1 is 0.923 bits per heavy atom. The quantitative estimate of drug-likeness (QED) is 0.608. The van der Waals surface area contributed by atoms with Gasteiger partial charge in [-0.2, -0.15) is 35.1 Å². The monoisotopic (exact) mass is 408 g/mol. The molecule has 1 unspecified atom stereocenters. The summed E-state index contributed by atoms with van der Waals surface area (Å²) in [7, 11) is 0. The molecular weight excluding hydrogens is 399 g/mol. The van der Waals surface area contributed by atoms with Crippen molar-refractivity contribution in [2.45, 2.75) is 37.3 Å². The maximum atomic E-state index is 14.8. The molecular formula is C14H9F9N2S. The molecule has 26 heavy (non-hydrogen) atoms. The van der Waals surface area contributed by atoms with Gasteiger partial charge >= 0.3 is 23.9 Å². The first-order chi connectivity index (χ1) is 11.8. The van der Waals surface area contributed by atoms with Crippen molar-refractivity contribution in [2.24, 2.45) is 0 Å². The largest absolute Gasteiger partial charge is 0.457 e. The fraction of sp³-hybridized carbons (Fsp3) is 0.429. The summed E-state index contributed by atoms with van der Waals surface area (Å²) >= 11 is 0.671. The molecule has 0 saturated carbocycles. The molecule has 2 nitrogen and oxygen atoms in total. The van der Waals surface area contributed by atoms with E-state index in [2.05, 4.69) is 9.59 Å². The lowest BCUT2D eigenvalue weighted by atomic mass is 9.82. The number of benzene rings is 1. The topological polar surface area (TPSA) is 25.8 Å². The van der Waals surface area contributed by atoms with E-state index in [0.717, 1.165) is 12.3 Å². The van der Waals surface area contributed by atoms with E-state index in [1.807, 2.05) is 0 Å². The van der Waals surface area contributed by atoms with Crippen LogP contribution in [0.2, 0.25) is 0 Å². The molecule has 0 radical (unpaired) electrons. The van der Waals surface area contributed by atoms with Crippen molar-refractivity contribution >= 4 is 11.5 Å². The Hall–Kier alpha value is -1.85. The Kier molecular flexibility index (Phi) is 5.03. The van der Waals surface area contributed by atoms with Gasteiger partial charge in [-0.3, -0.25) is 0 Å². The Morgan fingerprint density at radius 3 is 1.96 bits per heavy atom. The standard InChI is InChI=1S/C14H9F9N2S/c1-2-7-8(10-6-24-25-26-10)4-3-5-9(7)11(15,13(18,19)20)12(16,17)14(21,22)23/h3-6H,2H2,1H3. The first-order valence-corrected chi connectivity index (χ1v) is 7.66. The van der Waals surface area contributed by atoms with E-state index in [1.54, 1.807) is 0 Å². The molecule has 0 fully saturated rings. The third-order valence-corrected chi connectivity index (χ3v) is 4.40. The van der Waals surface area contributed by atoms with E-state index >= 15 is 0 Å². The minimum absolute atomic E-state index is 0.101. The second-order valence-electron chi connectivity index (χ2n) is 5.20. The van der Waals surface area contributed by atoms with Crippen molar-refractivity contribution in [3.63, 3.8) is 0 Å². The molecule has 2 rings (SSSR count). The van der Waals surface area contributed by atoms with E-state index in [1.165, 1.54) is 13.0 Å². The minimum atomic E-state index is -6.76. The summed E-state index contributed by atoms with van der Waals surface area (Å²) in [6.45, 7) is 1.21. The van der Waals surface area contributed by atoms with Crippen LogP contribution < -0.4 is 0 Å². The third-order valence-electron chi connectivity index (χ3n) is 3.71. The summed E-state index contributed by atoms with van der Waals surface area (Å²) in [5.41, 5.74) is -8.54. The highest BCUT2D eigenvalue weighted by atomic mass is 32.1. The van der Waals surface area contributed by atoms with Gasteiger partial charge in [-0.1, -0.05) is 29.6 Å². The number of hydrogen-bond donors (Lipinski definition) is 0. The summed E-state index contributed by atoms with van der Waals surface area (Å²) < 4.78 is 123. The summed E-state index contributed by atoms with van der Waals surface area (Å²) in [5, 5.41) is 3.43. The number of aromatic nitrogens is 2. The Bertz CT molecular complexity index is 768. The molecule has 0 bridgehead atoms. The second-order valence-corrected chi connectivity index (χ2v) is 5.98. The fourth-order valence-corrected chi connectivity index (χ4v) is 3.07. The van der Waals surface area contributed by atoms with Crippen molar-refractivity contribution in [3.05, 3.63) is 35.5 Å². The van der Waals surface area contributed by atoms with Gasteiger partial charge in [-0.05, 0) is 29.1 Å². The van der Waals surface area contributed by atoms with Gasteiger partial charge in [0, 0.05) is 5.56 Å². The van der Waals surface area contributed by atoms with Crippen LogP contribution in [-0.2, 0) is 12.1 Å². The van der Waals surface area contributed by atoms with E-state index in [0.29, 0.717) is 11.5 Å². The van der Waals surface area contributed by atoms with Crippen molar-refractivity contribution in [2.75, 3.05) is 0 Å². The van der Waals surface area contributed by atoms with Gasteiger partial charge in [-0.25, -0.2) is 4.39 Å². The van der Waals surface area contributed by atoms with Crippen molar-refractivity contribution < 1.29 is 39.5 Å². The number of halogens is 9. The fourth-order valence-electron chi connectivity index (χ4n) is 2.50. The molecule has 2 aromatic rings. The lowest BCUT2D eigenvalue weighted by molar-refractivity contribution is -0.389. The number of alkyl halides is 9. The van der Waals surface area contributed by atoms with Crippen LogP contribution in [0.3, 0.4) is 0 Å². The van der Waals surface area contributed by atoms with Crippen LogP contribution in [0.25, 0.3) is 10.4 Å². The molecule has 0 N–H and O–H groups in total. The van der Waals surface area contributed by atoms with Crippen LogP contribution in [-0.4, -0.2) is 27.9 Å². The molecule has 0 amide bonds. The summed E-state index contributed by atoms with van der Waals surface area (Å²) in [6.07, 6.45) is -12.6. The van der Waals surface area contributed by atoms with E-state index in [-0.39, 0.29) is 16.5 Å². The van der Waals surface area contributed by atoms with E-state index in [9.17, 15) is 39.5 Å². The lowest BCUT2D eigenvalue weighted by Gasteiger charge is -2.37. The predicted molar refractivity (Wildman–Crippen MR) is 74.6 cm³/mol. The maximum absolute atomic E-state index is 14.8. The average molecular weight is 408 g/mol. The average Bonchev–Trinajstić information content (AvgIpc) is 3.05. The first-order valence-electron chi connectivity index (χ1n) is 6.89. The number of rotatable bonds is 4. The summed E-state index contributed by atoms with van der Waals surface area (Å²) in [6, 6.07) is 2.22. The van der Waals surface area contributed by atoms with Gasteiger partial charge in [0.2, 0.25) is 0 Å². The highest BCUT2D eigenvalue weighted by Gasteiger charge is 2.82. The van der Waals surface area contributed by atoms with Gasteiger partial charge in [0.1, 0.15) is 0 Å². The molecule has 1 atom stereocenters. The molecule has 1 heterocycles. The normalized spacial score (nSPS) is 15.8. The Balaban J connectivity index is 2.86. The molecule has 12 heteroatoms. The number of hydrogen-bond acceptors (Lipinski definition) is 3. The molecule has 144 valence electrons. The molecule has 1 aromatic carbocycles. The van der Waals surface area contributed by atoms with E-state index in [4.69, 9.17) is 0 Å². The van der Waals surface area contributed by atoms with Crippen LogP contribution in [0.5, 0.6) is 0 Å². The zero-order valence-electron chi connectivity index (χ0n) is 12.7. The molecule has 0 aliphatic rings. The molecule has 0 aliphatic heterocycles. The highest BCUT2D eigenvalue weighted by Crippen LogP contribution is 2.59. The van der Waals surface area contributed by atoms with Gasteiger partial charge in [-0.15, -0.1) is 5.10 Å². The zero-order valence-corrected chi connectivity index (χ0v) is 13.5. The van der Waals surface area contributed by atoms with Crippen molar-refractivity contribution in [3.8, 4) is 10.4 Å². The van der Waals surface area contributed by atoms with Crippen molar-refractivity contribution in [1.82, 2.24) is 9.59 Å². The highest BCUT2D eigenvalue weighted by molar-refractivity contribution is 7.09. The first kappa shape index (κ1) is 20.5. The van der Waals surface area contributed by atoms with Crippen LogP contribution in [0.1, 0.15) is 18.1 Å². The van der Waals surface area contributed by atoms with Gasteiger partial charge < -0.3 is 0 Å². The third kappa shape index (κ3) is 2.93. The van der Waals surface area contributed by atoms with Crippen LogP contribution in [0, 0.1) is 0 Å².